The first-order valence-corrected chi connectivity index (χ1v) is 12.0. The van der Waals surface area contributed by atoms with Crippen LogP contribution in [0.3, 0.4) is 0 Å². The first-order chi connectivity index (χ1) is 15.2. The van der Waals surface area contributed by atoms with E-state index in [2.05, 4.69) is 69.0 Å². The Morgan fingerprint density at radius 1 is 0.935 bits per heavy atom. The highest BCUT2D eigenvalue weighted by molar-refractivity contribution is 9.10. The number of anilines is 2. The van der Waals surface area contributed by atoms with Gasteiger partial charge in [0.25, 0.3) is 5.91 Å². The second-order valence-electron chi connectivity index (χ2n) is 9.21. The summed E-state index contributed by atoms with van der Waals surface area (Å²) in [5, 5.41) is 6.91. The Bertz CT molecular complexity index is 1140. The molecule has 6 rings (SSSR count). The van der Waals surface area contributed by atoms with Gasteiger partial charge in [-0.2, -0.15) is 0 Å². The molecule has 0 unspecified atom stereocenters. The van der Waals surface area contributed by atoms with Gasteiger partial charge < -0.3 is 10.6 Å². The number of hydrogen-bond donors (Lipinski definition) is 2. The molecule has 1 aliphatic heterocycles. The number of para-hydroxylation sites is 1. The van der Waals surface area contributed by atoms with Crippen molar-refractivity contribution < 1.29 is 4.79 Å². The fourth-order valence-electron chi connectivity index (χ4n) is 6.37. The van der Waals surface area contributed by atoms with Gasteiger partial charge in [-0.15, -0.1) is 0 Å². The standard InChI is InChI=1S/C27H25BrN2O/c28-21-8-4-5-9-23(21)30-27(31)19-12-13-22-20(15-19)24-17-10-11-18(14-17)25(24)26(29-22)16-6-2-1-3-7-16/h1-9,12-13,15,17-18,24-26,29H,10-11,14H2,(H,30,31)/t17-,18-,24-,25-,26+/m0/s1. The number of halogens is 1. The van der Waals surface area contributed by atoms with E-state index in [0.717, 1.165) is 27.6 Å². The Morgan fingerprint density at radius 2 is 1.71 bits per heavy atom. The third kappa shape index (κ3) is 3.20. The van der Waals surface area contributed by atoms with Gasteiger partial charge in [0.1, 0.15) is 0 Å². The summed E-state index contributed by atoms with van der Waals surface area (Å²) in [5.41, 5.74) is 5.44. The molecule has 31 heavy (non-hydrogen) atoms. The largest absolute Gasteiger partial charge is 0.378 e. The molecule has 1 heterocycles. The molecule has 4 heteroatoms. The van der Waals surface area contributed by atoms with Gasteiger partial charge in [0.05, 0.1) is 11.7 Å². The van der Waals surface area contributed by atoms with Crippen molar-refractivity contribution in [3.05, 3.63) is 94.0 Å². The fourth-order valence-corrected chi connectivity index (χ4v) is 6.76. The van der Waals surface area contributed by atoms with Gasteiger partial charge in [-0.1, -0.05) is 42.5 Å². The number of nitrogens with one attached hydrogen (secondary N) is 2. The lowest BCUT2D eigenvalue weighted by Crippen LogP contribution is -2.35. The molecule has 3 aromatic rings. The van der Waals surface area contributed by atoms with Gasteiger partial charge in [-0.05, 0) is 100 Å². The Balaban J connectivity index is 1.36. The van der Waals surface area contributed by atoms with Crippen molar-refractivity contribution in [1.82, 2.24) is 0 Å². The minimum absolute atomic E-state index is 0.0559. The summed E-state index contributed by atoms with van der Waals surface area (Å²) in [6.07, 6.45) is 3.99. The van der Waals surface area contributed by atoms with Crippen LogP contribution in [-0.4, -0.2) is 5.91 Å². The summed E-state index contributed by atoms with van der Waals surface area (Å²) < 4.78 is 0.891. The maximum atomic E-state index is 13.0. The van der Waals surface area contributed by atoms with Crippen LogP contribution in [-0.2, 0) is 0 Å². The molecule has 156 valence electrons. The van der Waals surface area contributed by atoms with Crippen LogP contribution in [0.25, 0.3) is 0 Å². The van der Waals surface area contributed by atoms with E-state index in [0.29, 0.717) is 17.9 Å². The highest BCUT2D eigenvalue weighted by atomic mass is 79.9. The SMILES string of the molecule is O=C(Nc1ccccc1Br)c1ccc2c(c1)[C@@H]1[C@H]3CC[C@@H](C3)[C@@H]1[C@@H](c1ccccc1)N2. The van der Waals surface area contributed by atoms with E-state index in [1.54, 1.807) is 0 Å². The van der Waals surface area contributed by atoms with Crippen molar-refractivity contribution >= 4 is 33.2 Å². The first kappa shape index (κ1) is 19.1. The summed E-state index contributed by atoms with van der Waals surface area (Å²) in [5.74, 6) is 2.61. The zero-order chi connectivity index (χ0) is 20.9. The van der Waals surface area contributed by atoms with Gasteiger partial charge in [0.15, 0.2) is 0 Å². The average molecular weight is 473 g/mol. The smallest absolute Gasteiger partial charge is 0.255 e. The van der Waals surface area contributed by atoms with Crippen LogP contribution in [0.1, 0.15) is 52.7 Å². The molecule has 2 fully saturated rings. The van der Waals surface area contributed by atoms with E-state index in [9.17, 15) is 4.79 Å². The quantitative estimate of drug-likeness (QED) is 0.430. The normalized spacial score (nSPS) is 27.8. The Kier molecular flexibility index (Phi) is 4.64. The number of fused-ring (bicyclic) bond motifs is 7. The van der Waals surface area contributed by atoms with Crippen LogP contribution < -0.4 is 10.6 Å². The molecule has 0 saturated heterocycles. The Hall–Kier alpha value is -2.59. The maximum Gasteiger partial charge on any atom is 0.255 e. The van der Waals surface area contributed by atoms with Crippen LogP contribution in [0.15, 0.2) is 77.3 Å². The van der Waals surface area contributed by atoms with E-state index < -0.39 is 0 Å². The van der Waals surface area contributed by atoms with Gasteiger partial charge in [-0.3, -0.25) is 4.79 Å². The molecule has 2 bridgehead atoms. The predicted octanol–water partition coefficient (Wildman–Crippen LogP) is 7.00. The van der Waals surface area contributed by atoms with Gasteiger partial charge in [0.2, 0.25) is 0 Å². The number of amides is 1. The van der Waals surface area contributed by atoms with E-state index in [1.165, 1.54) is 36.1 Å². The lowest BCUT2D eigenvalue weighted by atomic mass is 9.68. The molecule has 3 aliphatic rings. The van der Waals surface area contributed by atoms with Crippen molar-refractivity contribution in [1.29, 1.82) is 0 Å². The predicted molar refractivity (Wildman–Crippen MR) is 128 cm³/mol. The van der Waals surface area contributed by atoms with Crippen LogP contribution in [0, 0.1) is 17.8 Å². The molecular formula is C27H25BrN2O. The zero-order valence-electron chi connectivity index (χ0n) is 17.2. The second-order valence-corrected chi connectivity index (χ2v) is 10.1. The Labute approximate surface area is 191 Å². The summed E-state index contributed by atoms with van der Waals surface area (Å²) in [6.45, 7) is 0. The molecule has 3 nitrogen and oxygen atoms in total. The molecule has 0 spiro atoms. The van der Waals surface area contributed by atoms with E-state index in [4.69, 9.17) is 0 Å². The first-order valence-electron chi connectivity index (χ1n) is 11.2. The van der Waals surface area contributed by atoms with E-state index >= 15 is 0 Å². The van der Waals surface area contributed by atoms with Gasteiger partial charge in [0, 0.05) is 15.7 Å². The summed E-state index contributed by atoms with van der Waals surface area (Å²) in [4.78, 5) is 13.0. The average Bonchev–Trinajstić information content (AvgIpc) is 3.43. The third-order valence-corrected chi connectivity index (χ3v) is 8.32. The van der Waals surface area contributed by atoms with Crippen LogP contribution in [0.5, 0.6) is 0 Å². The van der Waals surface area contributed by atoms with Crippen LogP contribution in [0.2, 0.25) is 0 Å². The molecule has 1 amide bonds. The highest BCUT2D eigenvalue weighted by Crippen LogP contribution is 2.63. The number of rotatable bonds is 3. The Morgan fingerprint density at radius 3 is 2.55 bits per heavy atom. The summed E-state index contributed by atoms with van der Waals surface area (Å²) in [6, 6.07) is 25.2. The minimum Gasteiger partial charge on any atom is -0.378 e. The molecule has 2 N–H and O–H groups in total. The third-order valence-electron chi connectivity index (χ3n) is 7.63. The molecule has 2 saturated carbocycles. The maximum absolute atomic E-state index is 13.0. The lowest BCUT2D eigenvalue weighted by molar-refractivity contribution is 0.102. The van der Waals surface area contributed by atoms with E-state index in [1.807, 2.05) is 30.3 Å². The number of carbonyl (C=O) groups excluding carboxylic acids is 1. The zero-order valence-corrected chi connectivity index (χ0v) is 18.8. The number of hydrogen-bond acceptors (Lipinski definition) is 2. The fraction of sp³-hybridized carbons (Fsp3) is 0.296. The van der Waals surface area contributed by atoms with Crippen molar-refractivity contribution in [2.45, 2.75) is 31.2 Å². The molecule has 5 atom stereocenters. The van der Waals surface area contributed by atoms with Crippen molar-refractivity contribution in [3.63, 3.8) is 0 Å². The molecule has 0 aromatic heterocycles. The number of benzene rings is 3. The topological polar surface area (TPSA) is 41.1 Å². The molecule has 2 aliphatic carbocycles. The monoisotopic (exact) mass is 472 g/mol. The molecule has 0 radical (unpaired) electrons. The van der Waals surface area contributed by atoms with Crippen molar-refractivity contribution in [2.24, 2.45) is 17.8 Å². The molecular weight excluding hydrogens is 448 g/mol. The second kappa shape index (κ2) is 7.52. The summed E-state index contributed by atoms with van der Waals surface area (Å²) in [7, 11) is 0. The van der Waals surface area contributed by atoms with Crippen LogP contribution >= 0.6 is 15.9 Å². The van der Waals surface area contributed by atoms with Gasteiger partial charge >= 0.3 is 0 Å². The summed E-state index contributed by atoms with van der Waals surface area (Å²) >= 11 is 3.52. The van der Waals surface area contributed by atoms with E-state index in [-0.39, 0.29) is 5.91 Å². The van der Waals surface area contributed by atoms with Crippen LogP contribution in [0.4, 0.5) is 11.4 Å². The van der Waals surface area contributed by atoms with Gasteiger partial charge in [-0.25, -0.2) is 0 Å². The minimum atomic E-state index is -0.0559. The number of carbonyl (C=O) groups is 1. The van der Waals surface area contributed by atoms with Crippen molar-refractivity contribution in [3.8, 4) is 0 Å². The lowest BCUT2D eigenvalue weighted by Gasteiger charge is -2.43. The molecule has 3 aromatic carbocycles. The highest BCUT2D eigenvalue weighted by Gasteiger charge is 2.53. The van der Waals surface area contributed by atoms with Crippen molar-refractivity contribution in [2.75, 3.05) is 10.6 Å².